The maximum absolute atomic E-state index is 12.7. The number of para-hydroxylation sites is 1. The minimum Gasteiger partial charge on any atom is -0.480 e. The largest absolute Gasteiger partial charge is 0.480 e. The number of rotatable bonds is 6. The Labute approximate surface area is 164 Å². The molecule has 2 N–H and O–H groups in total. The van der Waals surface area contributed by atoms with Gasteiger partial charge in [0.1, 0.15) is 11.3 Å². The number of carbonyl (C=O) groups excluding carboxylic acids is 1. The number of carbonyl (C=O) groups is 2. The van der Waals surface area contributed by atoms with Crippen LogP contribution in [0.25, 0.3) is 11.0 Å². The summed E-state index contributed by atoms with van der Waals surface area (Å²) in [6, 6.07) is 7.37. The normalized spacial score (nSPS) is 18.4. The highest BCUT2D eigenvalue weighted by Gasteiger charge is 2.27. The summed E-state index contributed by atoms with van der Waals surface area (Å²) in [4.78, 5) is 26.9. The van der Waals surface area contributed by atoms with Gasteiger partial charge >= 0.3 is 12.0 Å². The van der Waals surface area contributed by atoms with Crippen LogP contribution in [-0.2, 0) is 9.53 Å². The van der Waals surface area contributed by atoms with Crippen molar-refractivity contribution in [1.82, 2.24) is 15.1 Å². The van der Waals surface area contributed by atoms with Crippen LogP contribution in [-0.4, -0.2) is 72.8 Å². The van der Waals surface area contributed by atoms with Gasteiger partial charge in [-0.2, -0.15) is 0 Å². The number of morpholine rings is 1. The number of ether oxygens (including phenoxy) is 1. The molecular weight excluding hydrogens is 362 g/mol. The van der Waals surface area contributed by atoms with Crippen LogP contribution in [0.2, 0.25) is 0 Å². The van der Waals surface area contributed by atoms with Crippen LogP contribution in [0, 0.1) is 6.92 Å². The number of furan rings is 1. The number of aliphatic carboxylic acids is 1. The van der Waals surface area contributed by atoms with Crippen molar-refractivity contribution in [3.8, 4) is 0 Å². The number of nitrogens with zero attached hydrogens (tertiary/aromatic N) is 2. The Kier molecular flexibility index (Phi) is 6.21. The van der Waals surface area contributed by atoms with Crippen LogP contribution >= 0.6 is 0 Å². The SMILES string of the molecule is Cc1c([C@@H](C)NC(=O)N2CCOC(CN(C)CC(=O)O)C2)oc2ccccc12. The molecule has 0 radical (unpaired) electrons. The average Bonchev–Trinajstić information content (AvgIpc) is 2.98. The number of hydrogen-bond donors (Lipinski definition) is 2. The summed E-state index contributed by atoms with van der Waals surface area (Å²) in [5.41, 5.74) is 1.84. The number of hydrogen-bond acceptors (Lipinski definition) is 5. The third kappa shape index (κ3) is 4.63. The zero-order chi connectivity index (χ0) is 20.3. The Balaban J connectivity index is 1.60. The number of carboxylic acid groups (broad SMARTS) is 1. The van der Waals surface area contributed by atoms with E-state index < -0.39 is 5.97 Å². The molecule has 0 bridgehead atoms. The van der Waals surface area contributed by atoms with Crippen LogP contribution in [0.4, 0.5) is 4.79 Å². The molecule has 2 aromatic rings. The number of fused-ring (bicyclic) bond motifs is 1. The van der Waals surface area contributed by atoms with E-state index in [1.807, 2.05) is 38.1 Å². The van der Waals surface area contributed by atoms with Crippen molar-refractivity contribution in [3.05, 3.63) is 35.6 Å². The molecule has 28 heavy (non-hydrogen) atoms. The van der Waals surface area contributed by atoms with Gasteiger partial charge in [-0.3, -0.25) is 9.69 Å². The Hall–Kier alpha value is -2.58. The van der Waals surface area contributed by atoms with E-state index in [1.54, 1.807) is 16.8 Å². The van der Waals surface area contributed by atoms with E-state index in [9.17, 15) is 9.59 Å². The number of nitrogens with one attached hydrogen (secondary N) is 1. The van der Waals surface area contributed by atoms with Crippen molar-refractivity contribution >= 4 is 23.0 Å². The first-order valence-corrected chi connectivity index (χ1v) is 9.40. The molecule has 0 spiro atoms. The first-order chi connectivity index (χ1) is 13.3. The van der Waals surface area contributed by atoms with E-state index in [-0.39, 0.29) is 24.7 Å². The summed E-state index contributed by atoms with van der Waals surface area (Å²) < 4.78 is 11.6. The predicted octanol–water partition coefficient (Wildman–Crippen LogP) is 2.23. The van der Waals surface area contributed by atoms with Gasteiger partial charge in [-0.15, -0.1) is 0 Å². The predicted molar refractivity (Wildman–Crippen MR) is 104 cm³/mol. The second-order valence-corrected chi connectivity index (χ2v) is 7.29. The third-order valence-electron chi connectivity index (χ3n) is 4.96. The lowest BCUT2D eigenvalue weighted by molar-refractivity contribution is -0.138. The topological polar surface area (TPSA) is 95.3 Å². The Morgan fingerprint density at radius 3 is 2.86 bits per heavy atom. The molecule has 1 fully saturated rings. The van der Waals surface area contributed by atoms with Gasteiger partial charge in [0, 0.05) is 30.6 Å². The highest BCUT2D eigenvalue weighted by molar-refractivity contribution is 5.82. The van der Waals surface area contributed by atoms with Crippen LogP contribution in [0.5, 0.6) is 0 Å². The highest BCUT2D eigenvalue weighted by Crippen LogP contribution is 2.29. The molecule has 1 saturated heterocycles. The number of likely N-dealkylation sites (N-methyl/N-ethyl adjacent to an activating group) is 1. The fourth-order valence-electron chi connectivity index (χ4n) is 3.61. The zero-order valence-electron chi connectivity index (χ0n) is 16.5. The molecule has 1 aliphatic heterocycles. The van der Waals surface area contributed by atoms with Crippen LogP contribution in [0.15, 0.2) is 28.7 Å². The van der Waals surface area contributed by atoms with Gasteiger partial charge < -0.3 is 24.5 Å². The van der Waals surface area contributed by atoms with Crippen molar-refractivity contribution in [2.75, 3.05) is 39.8 Å². The van der Waals surface area contributed by atoms with Crippen LogP contribution in [0.1, 0.15) is 24.3 Å². The van der Waals surface area contributed by atoms with E-state index in [0.717, 1.165) is 22.3 Å². The van der Waals surface area contributed by atoms with Crippen molar-refractivity contribution in [2.45, 2.75) is 26.0 Å². The Bertz CT molecular complexity index is 849. The summed E-state index contributed by atoms with van der Waals surface area (Å²) in [6.07, 6.45) is -0.216. The van der Waals surface area contributed by atoms with E-state index in [4.69, 9.17) is 14.3 Å². The maximum atomic E-state index is 12.7. The van der Waals surface area contributed by atoms with Crippen molar-refractivity contribution in [1.29, 1.82) is 0 Å². The summed E-state index contributed by atoms with van der Waals surface area (Å²) >= 11 is 0. The molecule has 2 amide bonds. The molecular formula is C20H27N3O5. The van der Waals surface area contributed by atoms with Crippen molar-refractivity contribution in [2.24, 2.45) is 0 Å². The van der Waals surface area contributed by atoms with Gasteiger partial charge in [0.2, 0.25) is 0 Å². The van der Waals surface area contributed by atoms with E-state index in [1.165, 1.54) is 0 Å². The minimum atomic E-state index is -0.886. The smallest absolute Gasteiger partial charge is 0.318 e. The van der Waals surface area contributed by atoms with Gasteiger partial charge in [0.15, 0.2) is 0 Å². The van der Waals surface area contributed by atoms with E-state index >= 15 is 0 Å². The average molecular weight is 389 g/mol. The lowest BCUT2D eigenvalue weighted by Crippen LogP contribution is -2.52. The number of urea groups is 1. The fourth-order valence-corrected chi connectivity index (χ4v) is 3.61. The first-order valence-electron chi connectivity index (χ1n) is 9.40. The Morgan fingerprint density at radius 1 is 1.39 bits per heavy atom. The molecule has 0 aliphatic carbocycles. The summed E-state index contributed by atoms with van der Waals surface area (Å²) in [5.74, 6) is -0.136. The molecule has 2 heterocycles. The van der Waals surface area contributed by atoms with Crippen LogP contribution in [0.3, 0.4) is 0 Å². The summed E-state index contributed by atoms with van der Waals surface area (Å²) in [6.45, 7) is 5.63. The summed E-state index contributed by atoms with van der Waals surface area (Å²) in [7, 11) is 1.73. The van der Waals surface area contributed by atoms with Gasteiger partial charge in [0.25, 0.3) is 0 Å². The van der Waals surface area contributed by atoms with Gasteiger partial charge in [-0.05, 0) is 27.0 Å². The monoisotopic (exact) mass is 389 g/mol. The van der Waals surface area contributed by atoms with E-state index in [2.05, 4.69) is 5.32 Å². The quantitative estimate of drug-likeness (QED) is 0.787. The third-order valence-corrected chi connectivity index (χ3v) is 4.96. The molecule has 8 heteroatoms. The van der Waals surface area contributed by atoms with Gasteiger partial charge in [0.05, 0.1) is 25.3 Å². The van der Waals surface area contributed by atoms with Crippen molar-refractivity contribution < 1.29 is 23.8 Å². The molecule has 2 atom stereocenters. The standard InChI is InChI=1S/C20H27N3O5/c1-13-16-6-4-5-7-17(16)28-19(13)14(2)21-20(26)23-8-9-27-15(11-23)10-22(3)12-18(24)25/h4-7,14-15H,8-12H2,1-3H3,(H,21,26)(H,24,25)/t14-,15?/m1/s1. The second-order valence-electron chi connectivity index (χ2n) is 7.29. The molecule has 1 unspecified atom stereocenters. The molecule has 0 saturated carbocycles. The highest BCUT2D eigenvalue weighted by atomic mass is 16.5. The molecule has 1 aromatic carbocycles. The Morgan fingerprint density at radius 2 is 2.14 bits per heavy atom. The van der Waals surface area contributed by atoms with Crippen LogP contribution < -0.4 is 5.32 Å². The number of carboxylic acids is 1. The number of aryl methyl sites for hydroxylation is 1. The van der Waals surface area contributed by atoms with Crippen molar-refractivity contribution in [3.63, 3.8) is 0 Å². The van der Waals surface area contributed by atoms with E-state index in [0.29, 0.717) is 26.2 Å². The lowest BCUT2D eigenvalue weighted by atomic mass is 10.1. The zero-order valence-corrected chi connectivity index (χ0v) is 16.5. The summed E-state index contributed by atoms with van der Waals surface area (Å²) in [5, 5.41) is 12.9. The molecule has 152 valence electrons. The number of benzene rings is 1. The second kappa shape index (κ2) is 8.62. The number of amides is 2. The minimum absolute atomic E-state index is 0.0611. The van der Waals surface area contributed by atoms with Gasteiger partial charge in [-0.25, -0.2) is 4.79 Å². The molecule has 1 aromatic heterocycles. The maximum Gasteiger partial charge on any atom is 0.318 e. The molecule has 1 aliphatic rings. The molecule has 3 rings (SSSR count). The lowest BCUT2D eigenvalue weighted by Gasteiger charge is -2.35. The van der Waals surface area contributed by atoms with Gasteiger partial charge in [-0.1, -0.05) is 18.2 Å². The first kappa shape index (κ1) is 20.2. The molecule has 8 nitrogen and oxygen atoms in total. The fraction of sp³-hybridized carbons (Fsp3) is 0.500.